The van der Waals surface area contributed by atoms with E-state index in [9.17, 15) is 9.59 Å². The molecule has 0 bridgehead atoms. The van der Waals surface area contributed by atoms with Crippen LogP contribution in [0.4, 0.5) is 11.4 Å². The molecule has 0 radical (unpaired) electrons. The number of nitrogens with zero attached hydrogens (tertiary/aromatic N) is 3. The van der Waals surface area contributed by atoms with E-state index in [0.29, 0.717) is 24.5 Å². The lowest BCUT2D eigenvalue weighted by Gasteiger charge is -2.33. The number of anilines is 2. The van der Waals surface area contributed by atoms with Crippen molar-refractivity contribution in [3.8, 4) is 5.75 Å². The Labute approximate surface area is 181 Å². The third-order valence-electron chi connectivity index (χ3n) is 5.52. The van der Waals surface area contributed by atoms with Crippen LogP contribution in [-0.4, -0.2) is 35.9 Å². The summed E-state index contributed by atoms with van der Waals surface area (Å²) in [5, 5.41) is 7.33. The van der Waals surface area contributed by atoms with Crippen LogP contribution in [0.2, 0.25) is 0 Å². The summed E-state index contributed by atoms with van der Waals surface area (Å²) in [6.45, 7) is 1.79. The molecule has 1 aliphatic rings. The molecular formula is C24H26N4O3. The highest BCUT2D eigenvalue weighted by atomic mass is 16.5. The normalized spacial score (nSPS) is 16.0. The minimum Gasteiger partial charge on any atom is -0.497 e. The Morgan fingerprint density at radius 3 is 2.77 bits per heavy atom. The second-order valence-electron chi connectivity index (χ2n) is 7.70. The van der Waals surface area contributed by atoms with E-state index in [1.165, 1.54) is 4.68 Å². The van der Waals surface area contributed by atoms with Gasteiger partial charge in [-0.15, -0.1) is 0 Å². The lowest BCUT2D eigenvalue weighted by Crippen LogP contribution is -2.41. The number of carbonyl (C=O) groups is 1. The van der Waals surface area contributed by atoms with E-state index in [0.717, 1.165) is 30.6 Å². The Kier molecular flexibility index (Phi) is 6.31. The van der Waals surface area contributed by atoms with Gasteiger partial charge in [0.2, 0.25) is 5.91 Å². The smallest absolute Gasteiger partial charge is 0.269 e. The summed E-state index contributed by atoms with van der Waals surface area (Å²) in [4.78, 5) is 27.5. The van der Waals surface area contributed by atoms with Crippen LogP contribution in [0.3, 0.4) is 0 Å². The Bertz CT molecular complexity index is 1100. The van der Waals surface area contributed by atoms with Crippen LogP contribution in [0, 0.1) is 5.92 Å². The number of hydrogen-bond acceptors (Lipinski definition) is 5. The molecular weight excluding hydrogens is 392 g/mol. The van der Waals surface area contributed by atoms with E-state index in [-0.39, 0.29) is 17.4 Å². The standard InChI is InChI=1S/C24H26N4O3/c1-31-22-11-5-10-20(13-22)26-24(30)19-9-6-12-27(17-19)21-14-23(29)28(25-15-21)16-18-7-3-2-4-8-18/h2-5,7-8,10-11,13-15,19H,6,9,12,16-17H2,1H3,(H,26,30)/t19-/m1/s1. The fraction of sp³-hybridized carbons (Fsp3) is 0.292. The van der Waals surface area contributed by atoms with Crippen LogP contribution in [0.25, 0.3) is 0 Å². The third-order valence-corrected chi connectivity index (χ3v) is 5.52. The number of aromatic nitrogens is 2. The van der Waals surface area contributed by atoms with Gasteiger partial charge < -0.3 is 15.0 Å². The predicted octanol–water partition coefficient (Wildman–Crippen LogP) is 3.16. The average molecular weight is 418 g/mol. The zero-order valence-corrected chi connectivity index (χ0v) is 17.5. The van der Waals surface area contributed by atoms with Crippen LogP contribution in [0.1, 0.15) is 18.4 Å². The number of rotatable bonds is 6. The Hall–Kier alpha value is -3.61. The first-order chi connectivity index (χ1) is 15.1. The molecule has 2 aromatic carbocycles. The molecule has 4 rings (SSSR count). The predicted molar refractivity (Wildman–Crippen MR) is 121 cm³/mol. The lowest BCUT2D eigenvalue weighted by molar-refractivity contribution is -0.120. The van der Waals surface area contributed by atoms with Crippen molar-refractivity contribution in [1.29, 1.82) is 0 Å². The first-order valence-electron chi connectivity index (χ1n) is 10.4. The molecule has 2 heterocycles. The number of nitrogens with one attached hydrogen (secondary N) is 1. The maximum atomic E-state index is 12.8. The molecule has 0 unspecified atom stereocenters. The molecule has 0 spiro atoms. The maximum Gasteiger partial charge on any atom is 0.269 e. The molecule has 7 nitrogen and oxygen atoms in total. The van der Waals surface area contributed by atoms with Gasteiger partial charge in [0.15, 0.2) is 0 Å². The molecule has 1 N–H and O–H groups in total. The van der Waals surface area contributed by atoms with E-state index in [1.54, 1.807) is 25.4 Å². The van der Waals surface area contributed by atoms with E-state index < -0.39 is 0 Å². The summed E-state index contributed by atoms with van der Waals surface area (Å²) in [7, 11) is 1.60. The van der Waals surface area contributed by atoms with Gasteiger partial charge in [-0.1, -0.05) is 36.4 Å². The van der Waals surface area contributed by atoms with Gasteiger partial charge >= 0.3 is 0 Å². The summed E-state index contributed by atoms with van der Waals surface area (Å²) in [5.74, 6) is 0.514. The fourth-order valence-electron chi connectivity index (χ4n) is 3.84. The summed E-state index contributed by atoms with van der Waals surface area (Å²) >= 11 is 0. The number of carbonyl (C=O) groups excluding carboxylic acids is 1. The zero-order chi connectivity index (χ0) is 21.6. The first-order valence-corrected chi connectivity index (χ1v) is 10.4. The maximum absolute atomic E-state index is 12.8. The van der Waals surface area contributed by atoms with Crippen molar-refractivity contribution in [3.05, 3.63) is 82.8 Å². The van der Waals surface area contributed by atoms with Crippen molar-refractivity contribution in [2.75, 3.05) is 30.4 Å². The summed E-state index contributed by atoms with van der Waals surface area (Å²) in [5.41, 5.74) is 2.35. The van der Waals surface area contributed by atoms with Gasteiger partial charge in [0.25, 0.3) is 5.56 Å². The molecule has 160 valence electrons. The van der Waals surface area contributed by atoms with Crippen LogP contribution in [0.5, 0.6) is 5.75 Å². The summed E-state index contributed by atoms with van der Waals surface area (Å²) < 4.78 is 6.67. The average Bonchev–Trinajstić information content (AvgIpc) is 2.81. The van der Waals surface area contributed by atoms with Gasteiger partial charge in [0.05, 0.1) is 31.5 Å². The van der Waals surface area contributed by atoms with Crippen molar-refractivity contribution in [2.45, 2.75) is 19.4 Å². The molecule has 0 saturated carbocycles. The lowest BCUT2D eigenvalue weighted by atomic mass is 9.96. The van der Waals surface area contributed by atoms with Crippen LogP contribution < -0.4 is 20.5 Å². The van der Waals surface area contributed by atoms with E-state index in [4.69, 9.17) is 4.74 Å². The molecule has 1 aliphatic heterocycles. The monoisotopic (exact) mass is 418 g/mol. The van der Waals surface area contributed by atoms with Crippen LogP contribution >= 0.6 is 0 Å². The number of benzene rings is 2. The van der Waals surface area contributed by atoms with Gasteiger partial charge in [-0.2, -0.15) is 5.10 Å². The fourth-order valence-corrected chi connectivity index (χ4v) is 3.84. The highest BCUT2D eigenvalue weighted by Gasteiger charge is 2.26. The largest absolute Gasteiger partial charge is 0.497 e. The molecule has 0 aliphatic carbocycles. The van der Waals surface area contributed by atoms with Crippen molar-refractivity contribution < 1.29 is 9.53 Å². The van der Waals surface area contributed by atoms with Crippen molar-refractivity contribution in [3.63, 3.8) is 0 Å². The zero-order valence-electron chi connectivity index (χ0n) is 17.5. The van der Waals surface area contributed by atoms with Gasteiger partial charge in [-0.05, 0) is 30.5 Å². The quantitative estimate of drug-likeness (QED) is 0.666. The Morgan fingerprint density at radius 1 is 1.16 bits per heavy atom. The third kappa shape index (κ3) is 5.12. The highest BCUT2D eigenvalue weighted by molar-refractivity contribution is 5.93. The minimum absolute atomic E-state index is 0.0247. The van der Waals surface area contributed by atoms with Crippen molar-refractivity contribution in [2.24, 2.45) is 5.92 Å². The molecule has 1 fully saturated rings. The Morgan fingerprint density at radius 2 is 2.00 bits per heavy atom. The Balaban J connectivity index is 1.42. The number of hydrogen-bond donors (Lipinski definition) is 1. The molecule has 1 atom stereocenters. The minimum atomic E-state index is -0.160. The number of methoxy groups -OCH3 is 1. The second-order valence-corrected chi connectivity index (χ2v) is 7.70. The van der Waals surface area contributed by atoms with Gasteiger partial charge in [0, 0.05) is 30.9 Å². The van der Waals surface area contributed by atoms with E-state index in [1.807, 2.05) is 48.5 Å². The van der Waals surface area contributed by atoms with Gasteiger partial charge in [-0.3, -0.25) is 9.59 Å². The summed E-state index contributed by atoms with van der Waals surface area (Å²) in [6, 6.07) is 18.7. The number of amides is 1. The molecule has 31 heavy (non-hydrogen) atoms. The SMILES string of the molecule is COc1cccc(NC(=O)[C@@H]2CCCN(c3cnn(Cc4ccccc4)c(=O)c3)C2)c1. The first kappa shape index (κ1) is 20.7. The van der Waals surface area contributed by atoms with Gasteiger partial charge in [-0.25, -0.2) is 4.68 Å². The molecule has 1 amide bonds. The van der Waals surface area contributed by atoms with E-state index in [2.05, 4.69) is 15.3 Å². The number of piperidine rings is 1. The highest BCUT2D eigenvalue weighted by Crippen LogP contribution is 2.24. The van der Waals surface area contributed by atoms with E-state index >= 15 is 0 Å². The second kappa shape index (κ2) is 9.47. The topological polar surface area (TPSA) is 76.5 Å². The molecule has 1 saturated heterocycles. The molecule has 1 aromatic heterocycles. The molecule has 7 heteroatoms. The van der Waals surface area contributed by atoms with Gasteiger partial charge in [0.1, 0.15) is 5.75 Å². The molecule has 3 aromatic rings. The summed E-state index contributed by atoms with van der Waals surface area (Å²) in [6.07, 6.45) is 3.40. The van der Waals surface area contributed by atoms with Crippen LogP contribution in [0.15, 0.2) is 71.7 Å². The van der Waals surface area contributed by atoms with Crippen LogP contribution in [-0.2, 0) is 11.3 Å². The number of ether oxygens (including phenoxy) is 1. The van der Waals surface area contributed by atoms with Crippen molar-refractivity contribution >= 4 is 17.3 Å². The van der Waals surface area contributed by atoms with Crippen molar-refractivity contribution in [1.82, 2.24) is 9.78 Å².